The van der Waals surface area contributed by atoms with Gasteiger partial charge in [-0.1, -0.05) is 39.0 Å². The lowest BCUT2D eigenvalue weighted by atomic mass is 9.90. The molecule has 2 aromatic rings. The summed E-state index contributed by atoms with van der Waals surface area (Å²) in [7, 11) is 1.68. The number of ether oxygens (including phenoxy) is 1. The maximum Gasteiger partial charge on any atom is 0.221 e. The van der Waals surface area contributed by atoms with Gasteiger partial charge in [0.05, 0.1) is 7.11 Å². The van der Waals surface area contributed by atoms with Crippen LogP contribution in [0.15, 0.2) is 30.5 Å². The fourth-order valence-electron chi connectivity index (χ4n) is 3.80. The van der Waals surface area contributed by atoms with Crippen LogP contribution in [0.1, 0.15) is 56.6 Å². The summed E-state index contributed by atoms with van der Waals surface area (Å²) in [5.41, 5.74) is 2.15. The Morgan fingerprint density at radius 1 is 1.37 bits per heavy atom. The van der Waals surface area contributed by atoms with Crippen LogP contribution >= 0.6 is 0 Å². The third-order valence-electron chi connectivity index (χ3n) is 5.29. The number of carbonyl (C=O) groups is 1. The van der Waals surface area contributed by atoms with Crippen LogP contribution in [-0.2, 0) is 17.8 Å². The molecule has 1 aromatic carbocycles. The van der Waals surface area contributed by atoms with Gasteiger partial charge in [-0.25, -0.2) is 4.98 Å². The second kappa shape index (κ2) is 8.59. The number of methoxy groups -OCH3 is 1. The zero-order chi connectivity index (χ0) is 19.4. The van der Waals surface area contributed by atoms with E-state index >= 15 is 0 Å². The molecule has 146 valence electrons. The Bertz CT molecular complexity index is 782. The minimum Gasteiger partial charge on any atom is -0.496 e. The number of para-hydroxylation sites is 1. The first-order valence-corrected chi connectivity index (χ1v) is 9.93. The lowest BCUT2D eigenvalue weighted by molar-refractivity contribution is -0.121. The molecule has 1 aliphatic rings. The number of imidazole rings is 1. The van der Waals surface area contributed by atoms with Crippen molar-refractivity contribution in [1.82, 2.24) is 14.9 Å². The van der Waals surface area contributed by atoms with E-state index in [4.69, 9.17) is 4.74 Å². The molecule has 2 atom stereocenters. The van der Waals surface area contributed by atoms with E-state index in [-0.39, 0.29) is 11.8 Å². The van der Waals surface area contributed by atoms with Crippen LogP contribution < -0.4 is 10.1 Å². The van der Waals surface area contributed by atoms with Crippen LogP contribution in [0.25, 0.3) is 0 Å². The van der Waals surface area contributed by atoms with E-state index in [0.717, 1.165) is 35.8 Å². The lowest BCUT2D eigenvalue weighted by Gasteiger charge is -2.26. The predicted octanol–water partition coefficient (Wildman–Crippen LogP) is 3.77. The second-order valence-electron chi connectivity index (χ2n) is 8.05. The number of rotatable bonds is 7. The topological polar surface area (TPSA) is 56.1 Å². The Hall–Kier alpha value is -2.30. The molecule has 1 aromatic heterocycles. The first-order chi connectivity index (χ1) is 13.0. The third kappa shape index (κ3) is 4.52. The minimum absolute atomic E-state index is 0.0685. The monoisotopic (exact) mass is 369 g/mol. The number of nitrogens with zero attached hydrogens (tertiary/aromatic N) is 2. The van der Waals surface area contributed by atoms with Crippen molar-refractivity contribution in [3.63, 3.8) is 0 Å². The molecule has 2 heterocycles. The highest BCUT2D eigenvalue weighted by molar-refractivity contribution is 5.77. The van der Waals surface area contributed by atoms with E-state index in [1.807, 2.05) is 24.4 Å². The van der Waals surface area contributed by atoms with Crippen molar-refractivity contribution in [1.29, 1.82) is 0 Å². The molecule has 5 nitrogen and oxygen atoms in total. The minimum atomic E-state index is -0.0696. The van der Waals surface area contributed by atoms with Crippen molar-refractivity contribution in [3.05, 3.63) is 47.5 Å². The molecule has 0 saturated heterocycles. The van der Waals surface area contributed by atoms with Crippen LogP contribution in [0.3, 0.4) is 0 Å². The zero-order valence-electron chi connectivity index (χ0n) is 16.9. The third-order valence-corrected chi connectivity index (χ3v) is 5.29. The van der Waals surface area contributed by atoms with Gasteiger partial charge in [0, 0.05) is 49.3 Å². The number of carbonyl (C=O) groups excluding carboxylic acids is 1. The first-order valence-electron chi connectivity index (χ1n) is 9.93. The van der Waals surface area contributed by atoms with E-state index in [9.17, 15) is 4.79 Å². The van der Waals surface area contributed by atoms with Crippen molar-refractivity contribution in [2.75, 3.05) is 13.7 Å². The average Bonchev–Trinajstić information content (AvgIpc) is 3.07. The number of fused-ring (bicyclic) bond motifs is 1. The number of amides is 1. The molecule has 5 heteroatoms. The number of hydrogen-bond acceptors (Lipinski definition) is 3. The van der Waals surface area contributed by atoms with Gasteiger partial charge in [-0.3, -0.25) is 4.79 Å². The van der Waals surface area contributed by atoms with Crippen LogP contribution in [-0.4, -0.2) is 29.1 Å². The van der Waals surface area contributed by atoms with Crippen molar-refractivity contribution in [2.24, 2.45) is 11.8 Å². The number of nitrogens with one attached hydrogen (secondary N) is 1. The molecule has 0 saturated carbocycles. The molecule has 0 fully saturated rings. The predicted molar refractivity (Wildman–Crippen MR) is 107 cm³/mol. The summed E-state index contributed by atoms with van der Waals surface area (Å²) in [5, 5.41) is 3.06. The fraction of sp³-hybridized carbons (Fsp3) is 0.545. The maximum atomic E-state index is 12.7. The summed E-state index contributed by atoms with van der Waals surface area (Å²) < 4.78 is 7.93. The van der Waals surface area contributed by atoms with E-state index in [2.05, 4.69) is 41.7 Å². The molecular formula is C22H31N3O2. The van der Waals surface area contributed by atoms with Gasteiger partial charge in [0.15, 0.2) is 0 Å². The van der Waals surface area contributed by atoms with Gasteiger partial charge in [0.25, 0.3) is 0 Å². The van der Waals surface area contributed by atoms with Crippen LogP contribution in [0, 0.1) is 11.8 Å². The normalized spacial score (nSPS) is 17.4. The Labute approximate surface area is 162 Å². The Kier molecular flexibility index (Phi) is 6.19. The Morgan fingerprint density at radius 2 is 2.15 bits per heavy atom. The Morgan fingerprint density at radius 3 is 2.89 bits per heavy atom. The smallest absolute Gasteiger partial charge is 0.221 e. The number of benzene rings is 1. The number of aromatic nitrogens is 2. The molecule has 0 aliphatic carbocycles. The summed E-state index contributed by atoms with van der Waals surface area (Å²) in [5.74, 6) is 3.00. The molecule has 0 unspecified atom stereocenters. The molecule has 1 aliphatic heterocycles. The summed E-state index contributed by atoms with van der Waals surface area (Å²) in [6, 6.07) is 8.00. The van der Waals surface area contributed by atoms with Gasteiger partial charge in [0.1, 0.15) is 11.6 Å². The molecule has 1 N–H and O–H groups in total. The quantitative estimate of drug-likeness (QED) is 0.808. The van der Waals surface area contributed by atoms with Crippen molar-refractivity contribution in [3.8, 4) is 5.75 Å². The van der Waals surface area contributed by atoms with Crippen molar-refractivity contribution < 1.29 is 9.53 Å². The van der Waals surface area contributed by atoms with Gasteiger partial charge in [-0.05, 0) is 24.3 Å². The highest BCUT2D eigenvalue weighted by Crippen LogP contribution is 2.36. The SMILES string of the molecule is COc1ccccc1[C@@H](CC(=O)NCC(C)C)c1cnc2n1C[C@H](C)CC2. The maximum absolute atomic E-state index is 12.7. The van der Waals surface area contributed by atoms with Gasteiger partial charge in [-0.2, -0.15) is 0 Å². The van der Waals surface area contributed by atoms with Crippen LogP contribution in [0.5, 0.6) is 5.75 Å². The van der Waals surface area contributed by atoms with E-state index < -0.39 is 0 Å². The lowest BCUT2D eigenvalue weighted by Crippen LogP contribution is -2.30. The molecule has 1 amide bonds. The summed E-state index contributed by atoms with van der Waals surface area (Å²) in [4.78, 5) is 17.3. The van der Waals surface area contributed by atoms with Gasteiger partial charge < -0.3 is 14.6 Å². The van der Waals surface area contributed by atoms with E-state index in [0.29, 0.717) is 24.8 Å². The highest BCUT2D eigenvalue weighted by atomic mass is 16.5. The summed E-state index contributed by atoms with van der Waals surface area (Å²) >= 11 is 0. The van der Waals surface area contributed by atoms with Crippen molar-refractivity contribution >= 4 is 5.91 Å². The second-order valence-corrected chi connectivity index (χ2v) is 8.05. The summed E-state index contributed by atoms with van der Waals surface area (Å²) in [6.45, 7) is 8.14. The molecule has 3 rings (SSSR count). The summed E-state index contributed by atoms with van der Waals surface area (Å²) in [6.07, 6.45) is 4.52. The van der Waals surface area contributed by atoms with Crippen molar-refractivity contribution in [2.45, 2.75) is 52.5 Å². The molecular weight excluding hydrogens is 338 g/mol. The van der Waals surface area contributed by atoms with Crippen LogP contribution in [0.4, 0.5) is 0 Å². The molecule has 0 radical (unpaired) electrons. The number of hydrogen-bond donors (Lipinski definition) is 1. The van der Waals surface area contributed by atoms with Crippen LogP contribution in [0.2, 0.25) is 0 Å². The molecule has 27 heavy (non-hydrogen) atoms. The van der Waals surface area contributed by atoms with Gasteiger partial charge in [-0.15, -0.1) is 0 Å². The van der Waals surface area contributed by atoms with Gasteiger partial charge in [0.2, 0.25) is 5.91 Å². The van der Waals surface area contributed by atoms with Gasteiger partial charge >= 0.3 is 0 Å². The van der Waals surface area contributed by atoms with E-state index in [1.165, 1.54) is 6.42 Å². The average molecular weight is 370 g/mol. The largest absolute Gasteiger partial charge is 0.496 e. The zero-order valence-corrected chi connectivity index (χ0v) is 16.9. The molecule has 0 bridgehead atoms. The van der Waals surface area contributed by atoms with E-state index in [1.54, 1.807) is 7.11 Å². The fourth-order valence-corrected chi connectivity index (χ4v) is 3.80. The highest BCUT2D eigenvalue weighted by Gasteiger charge is 2.28. The standard InChI is InChI=1S/C22H31N3O2/c1-15(2)12-24-22(26)11-18(17-7-5-6-8-20(17)27-4)19-13-23-21-10-9-16(3)14-25(19)21/h5-8,13,15-16,18H,9-12,14H2,1-4H3,(H,24,26)/t16-,18-/m1/s1. The molecule has 0 spiro atoms. The Balaban J connectivity index is 1.96. The number of aryl methyl sites for hydroxylation is 1. The first kappa shape index (κ1) is 19.5.